The van der Waals surface area contributed by atoms with Crippen LogP contribution >= 0.6 is 0 Å². The van der Waals surface area contributed by atoms with Crippen LogP contribution in [0.15, 0.2) is 36.5 Å². The highest BCUT2D eigenvalue weighted by atomic mass is 16.2. The van der Waals surface area contributed by atoms with Crippen molar-refractivity contribution in [3.63, 3.8) is 0 Å². The lowest BCUT2D eigenvalue weighted by Crippen LogP contribution is -2.48. The van der Waals surface area contributed by atoms with Gasteiger partial charge in [0, 0.05) is 11.6 Å². The molecule has 0 aliphatic heterocycles. The lowest BCUT2D eigenvalue weighted by atomic mass is 9.98. The minimum atomic E-state index is -0.704. The highest BCUT2D eigenvalue weighted by molar-refractivity contribution is 6.04. The van der Waals surface area contributed by atoms with Crippen molar-refractivity contribution in [3.05, 3.63) is 36.5 Å². The summed E-state index contributed by atoms with van der Waals surface area (Å²) in [7, 11) is 0. The first kappa shape index (κ1) is 12.1. The normalized spacial score (nSPS) is 17.5. The number of hydrogen-bond acceptors (Lipinski definition) is 3. The molecule has 1 heterocycles. The van der Waals surface area contributed by atoms with E-state index in [1.165, 1.54) is 0 Å². The van der Waals surface area contributed by atoms with Crippen LogP contribution in [0.3, 0.4) is 0 Å². The van der Waals surface area contributed by atoms with Crippen molar-refractivity contribution in [1.82, 2.24) is 4.98 Å². The number of pyridine rings is 1. The zero-order chi connectivity index (χ0) is 13.3. The van der Waals surface area contributed by atoms with Gasteiger partial charge in [-0.15, -0.1) is 0 Å². The van der Waals surface area contributed by atoms with E-state index in [9.17, 15) is 4.79 Å². The number of anilines is 1. The molecule has 19 heavy (non-hydrogen) atoms. The predicted octanol–water partition coefficient (Wildman–Crippen LogP) is 2.44. The Morgan fingerprint density at radius 2 is 2.00 bits per heavy atom. The summed E-state index contributed by atoms with van der Waals surface area (Å²) in [5.41, 5.74) is 7.12. The quantitative estimate of drug-likeness (QED) is 0.866. The highest BCUT2D eigenvalue weighted by Gasteiger charge is 2.37. The molecule has 0 unspecified atom stereocenters. The summed E-state index contributed by atoms with van der Waals surface area (Å²) in [5, 5.41) is 3.91. The number of aromatic nitrogens is 1. The minimum Gasteiger partial charge on any atom is -0.324 e. The summed E-state index contributed by atoms with van der Waals surface area (Å²) in [5.74, 6) is -0.0821. The number of carbonyl (C=O) groups excluding carboxylic acids is 1. The number of rotatable bonds is 2. The van der Waals surface area contributed by atoms with Crippen molar-refractivity contribution in [2.45, 2.75) is 31.2 Å². The summed E-state index contributed by atoms with van der Waals surface area (Å²) in [4.78, 5) is 16.6. The molecule has 1 aliphatic carbocycles. The van der Waals surface area contributed by atoms with E-state index < -0.39 is 5.54 Å². The fourth-order valence-electron chi connectivity index (χ4n) is 2.69. The van der Waals surface area contributed by atoms with Crippen molar-refractivity contribution in [2.24, 2.45) is 5.73 Å². The van der Waals surface area contributed by atoms with Crippen molar-refractivity contribution in [2.75, 3.05) is 5.32 Å². The molecular weight excluding hydrogens is 238 g/mol. The molecule has 0 saturated heterocycles. The maximum atomic E-state index is 12.3. The highest BCUT2D eigenvalue weighted by Crippen LogP contribution is 2.29. The molecule has 1 aliphatic rings. The van der Waals surface area contributed by atoms with Crippen LogP contribution in [0.25, 0.3) is 10.9 Å². The standard InChI is InChI=1S/C15H17N3O/c16-15(8-1-2-9-15)14(19)18-13-7-3-6-12-11(13)5-4-10-17-12/h3-7,10H,1-2,8-9,16H2,(H,18,19). The van der Waals surface area contributed by atoms with Crippen LogP contribution < -0.4 is 11.1 Å². The molecule has 1 aromatic heterocycles. The molecule has 0 radical (unpaired) electrons. The summed E-state index contributed by atoms with van der Waals surface area (Å²) in [6, 6.07) is 9.53. The molecular formula is C15H17N3O. The summed E-state index contributed by atoms with van der Waals surface area (Å²) in [6.45, 7) is 0. The minimum absolute atomic E-state index is 0.0821. The van der Waals surface area contributed by atoms with Gasteiger partial charge in [-0.3, -0.25) is 9.78 Å². The Bertz CT molecular complexity index is 612. The van der Waals surface area contributed by atoms with E-state index >= 15 is 0 Å². The third-order valence-electron chi connectivity index (χ3n) is 3.84. The van der Waals surface area contributed by atoms with Crippen molar-refractivity contribution in [1.29, 1.82) is 0 Å². The van der Waals surface area contributed by atoms with E-state index in [0.717, 1.165) is 42.3 Å². The molecule has 4 nitrogen and oxygen atoms in total. The summed E-state index contributed by atoms with van der Waals surface area (Å²) in [6.07, 6.45) is 5.33. The molecule has 0 atom stereocenters. The number of nitrogens with one attached hydrogen (secondary N) is 1. The van der Waals surface area contributed by atoms with Gasteiger partial charge >= 0.3 is 0 Å². The molecule has 4 heteroatoms. The largest absolute Gasteiger partial charge is 0.324 e. The number of carbonyl (C=O) groups is 1. The Morgan fingerprint density at radius 1 is 1.21 bits per heavy atom. The maximum Gasteiger partial charge on any atom is 0.244 e. The Hall–Kier alpha value is -1.94. The van der Waals surface area contributed by atoms with Crippen LogP contribution in [0, 0.1) is 0 Å². The van der Waals surface area contributed by atoms with Crippen molar-refractivity contribution < 1.29 is 4.79 Å². The lowest BCUT2D eigenvalue weighted by Gasteiger charge is -2.22. The van der Waals surface area contributed by atoms with Crippen LogP contribution in [-0.2, 0) is 4.79 Å². The van der Waals surface area contributed by atoms with Crippen molar-refractivity contribution in [3.8, 4) is 0 Å². The average molecular weight is 255 g/mol. The number of nitrogens with zero attached hydrogens (tertiary/aromatic N) is 1. The van der Waals surface area contributed by atoms with Gasteiger partial charge in [0.2, 0.25) is 5.91 Å². The van der Waals surface area contributed by atoms with Gasteiger partial charge in [0.05, 0.1) is 16.7 Å². The smallest absolute Gasteiger partial charge is 0.244 e. The first-order chi connectivity index (χ1) is 9.19. The van der Waals surface area contributed by atoms with Crippen LogP contribution in [0.2, 0.25) is 0 Å². The number of hydrogen-bond donors (Lipinski definition) is 2. The zero-order valence-corrected chi connectivity index (χ0v) is 10.7. The van der Waals surface area contributed by atoms with Gasteiger partial charge in [-0.1, -0.05) is 18.9 Å². The van der Waals surface area contributed by atoms with Gasteiger partial charge in [-0.05, 0) is 37.1 Å². The van der Waals surface area contributed by atoms with Gasteiger partial charge in [0.15, 0.2) is 0 Å². The summed E-state index contributed by atoms with van der Waals surface area (Å²) < 4.78 is 0. The third kappa shape index (κ3) is 2.19. The van der Waals surface area contributed by atoms with Gasteiger partial charge in [-0.25, -0.2) is 0 Å². The molecule has 3 N–H and O–H groups in total. The molecule has 3 rings (SSSR count). The monoisotopic (exact) mass is 255 g/mol. The van der Waals surface area contributed by atoms with Crippen LogP contribution in [-0.4, -0.2) is 16.4 Å². The maximum absolute atomic E-state index is 12.3. The zero-order valence-electron chi connectivity index (χ0n) is 10.7. The SMILES string of the molecule is NC1(C(=O)Nc2cccc3ncccc23)CCCC1. The van der Waals surface area contributed by atoms with Crippen LogP contribution in [0.4, 0.5) is 5.69 Å². The van der Waals surface area contributed by atoms with E-state index in [1.54, 1.807) is 6.20 Å². The van der Waals surface area contributed by atoms with E-state index in [0.29, 0.717) is 0 Å². The fourth-order valence-corrected chi connectivity index (χ4v) is 2.69. The fraction of sp³-hybridized carbons (Fsp3) is 0.333. The molecule has 1 aromatic carbocycles. The Kier molecular flexibility index (Phi) is 2.95. The van der Waals surface area contributed by atoms with Crippen molar-refractivity contribution >= 4 is 22.5 Å². The van der Waals surface area contributed by atoms with E-state index in [2.05, 4.69) is 10.3 Å². The van der Waals surface area contributed by atoms with Gasteiger partial charge in [0.25, 0.3) is 0 Å². The van der Waals surface area contributed by atoms with Crippen LogP contribution in [0.5, 0.6) is 0 Å². The Labute approximate surface area is 112 Å². The van der Waals surface area contributed by atoms with Gasteiger partial charge in [-0.2, -0.15) is 0 Å². The second-order valence-corrected chi connectivity index (χ2v) is 5.19. The van der Waals surface area contributed by atoms with E-state index in [1.807, 2.05) is 30.3 Å². The lowest BCUT2D eigenvalue weighted by molar-refractivity contribution is -0.120. The molecule has 1 fully saturated rings. The topological polar surface area (TPSA) is 68.0 Å². The second-order valence-electron chi connectivity index (χ2n) is 5.19. The number of fused-ring (bicyclic) bond motifs is 1. The molecule has 0 spiro atoms. The number of benzene rings is 1. The summed E-state index contributed by atoms with van der Waals surface area (Å²) >= 11 is 0. The molecule has 98 valence electrons. The molecule has 1 amide bonds. The number of nitrogens with two attached hydrogens (primary N) is 1. The van der Waals surface area contributed by atoms with E-state index in [-0.39, 0.29) is 5.91 Å². The third-order valence-corrected chi connectivity index (χ3v) is 3.84. The van der Waals surface area contributed by atoms with Crippen LogP contribution in [0.1, 0.15) is 25.7 Å². The second kappa shape index (κ2) is 4.63. The molecule has 0 bridgehead atoms. The number of amides is 1. The van der Waals surface area contributed by atoms with E-state index in [4.69, 9.17) is 5.73 Å². The van der Waals surface area contributed by atoms with Gasteiger partial charge in [0.1, 0.15) is 0 Å². The van der Waals surface area contributed by atoms with Gasteiger partial charge < -0.3 is 11.1 Å². The first-order valence-corrected chi connectivity index (χ1v) is 6.63. The molecule has 2 aromatic rings. The first-order valence-electron chi connectivity index (χ1n) is 6.63. The average Bonchev–Trinajstić information content (AvgIpc) is 2.87. The Balaban J connectivity index is 1.91. The predicted molar refractivity (Wildman–Crippen MR) is 75.8 cm³/mol. The Morgan fingerprint density at radius 3 is 2.79 bits per heavy atom. The molecule has 1 saturated carbocycles.